The summed E-state index contributed by atoms with van der Waals surface area (Å²) >= 11 is 13.0. The van der Waals surface area contributed by atoms with E-state index in [-0.39, 0.29) is 35.2 Å². The van der Waals surface area contributed by atoms with Gasteiger partial charge in [-0.25, -0.2) is 9.59 Å². The number of hydrogen-bond acceptors (Lipinski definition) is 9. The van der Waals surface area contributed by atoms with Crippen molar-refractivity contribution in [3.05, 3.63) is 117 Å². The molecule has 2 bridgehead atoms. The van der Waals surface area contributed by atoms with Crippen molar-refractivity contribution in [3.8, 4) is 11.5 Å². The van der Waals surface area contributed by atoms with E-state index in [1.807, 2.05) is 18.2 Å². The van der Waals surface area contributed by atoms with Crippen molar-refractivity contribution < 1.29 is 33.3 Å². The maximum absolute atomic E-state index is 13.8. The second kappa shape index (κ2) is 16.6. The molecule has 1 saturated carbocycles. The Morgan fingerprint density at radius 3 is 2.38 bits per heavy atom. The molecule has 0 unspecified atom stereocenters. The summed E-state index contributed by atoms with van der Waals surface area (Å²) in [6, 6.07) is 15.9. The second-order valence-corrected chi connectivity index (χ2v) is 14.7. The number of benzene rings is 2. The number of amides is 1. The molecule has 4 aliphatic rings. The number of fused-ring (bicyclic) bond motifs is 3. The Balaban J connectivity index is 1.10. The van der Waals surface area contributed by atoms with Gasteiger partial charge in [0.15, 0.2) is 23.9 Å². The Morgan fingerprint density at radius 1 is 1.00 bits per heavy atom. The third-order valence-corrected chi connectivity index (χ3v) is 11.1. The zero-order valence-corrected chi connectivity index (χ0v) is 31.0. The third-order valence-electron chi connectivity index (χ3n) is 10.4. The molecule has 3 aliphatic heterocycles. The van der Waals surface area contributed by atoms with Crippen LogP contribution in [0.15, 0.2) is 79.4 Å². The number of carbonyl (C=O) groups is 2. The van der Waals surface area contributed by atoms with Crippen LogP contribution in [-0.4, -0.2) is 60.9 Å². The lowest BCUT2D eigenvalue weighted by Crippen LogP contribution is -2.53. The van der Waals surface area contributed by atoms with E-state index < -0.39 is 18.2 Å². The van der Waals surface area contributed by atoms with Gasteiger partial charge in [0, 0.05) is 24.7 Å². The van der Waals surface area contributed by atoms with Gasteiger partial charge in [-0.05, 0) is 105 Å². The molecule has 1 amide bonds. The first-order valence-corrected chi connectivity index (χ1v) is 18.8. The molecule has 53 heavy (non-hydrogen) atoms. The van der Waals surface area contributed by atoms with Gasteiger partial charge in [-0.15, -0.1) is 0 Å². The van der Waals surface area contributed by atoms with Crippen LogP contribution < -0.4 is 19.1 Å². The predicted molar refractivity (Wildman–Crippen MR) is 199 cm³/mol. The fourth-order valence-electron chi connectivity index (χ4n) is 7.45. The van der Waals surface area contributed by atoms with E-state index in [4.69, 9.17) is 42.1 Å². The van der Waals surface area contributed by atoms with E-state index >= 15 is 0 Å². The van der Waals surface area contributed by atoms with Gasteiger partial charge in [0.25, 0.3) is 0 Å². The van der Waals surface area contributed by atoms with Crippen LogP contribution in [0.2, 0.25) is 10.0 Å². The lowest BCUT2D eigenvalue weighted by molar-refractivity contribution is -0.605. The van der Waals surface area contributed by atoms with Crippen LogP contribution in [0.1, 0.15) is 71.7 Å². The minimum atomic E-state index is -0.848. The summed E-state index contributed by atoms with van der Waals surface area (Å²) in [7, 11) is 1.58. The molecule has 3 saturated heterocycles. The van der Waals surface area contributed by atoms with Crippen molar-refractivity contribution >= 4 is 41.0 Å². The molecule has 4 fully saturated rings. The second-order valence-electron chi connectivity index (χ2n) is 13.9. The highest BCUT2D eigenvalue weighted by atomic mass is 35.5. The summed E-state index contributed by atoms with van der Waals surface area (Å²) in [6.45, 7) is 3.06. The third kappa shape index (κ3) is 8.80. The monoisotopic (exact) mass is 760 g/mol. The Kier molecular flexibility index (Phi) is 11.5. The molecule has 4 aromatic rings. The summed E-state index contributed by atoms with van der Waals surface area (Å²) in [5.74, 6) is 0.909. The summed E-state index contributed by atoms with van der Waals surface area (Å²) < 4.78 is 24.7. The molecular weight excluding hydrogens is 719 g/mol. The number of piperidine rings is 3. The van der Waals surface area contributed by atoms with Crippen molar-refractivity contribution in [2.45, 2.75) is 69.8 Å². The highest BCUT2D eigenvalue weighted by Gasteiger charge is 2.37. The Hall–Kier alpha value is -4.58. The quantitative estimate of drug-likeness (QED) is 0.0813. The molecule has 11 nitrogen and oxygen atoms in total. The van der Waals surface area contributed by atoms with Crippen LogP contribution in [0.5, 0.6) is 11.5 Å². The van der Waals surface area contributed by atoms with Gasteiger partial charge >= 0.3 is 12.1 Å². The normalized spacial score (nSPS) is 20.1. The van der Waals surface area contributed by atoms with Crippen molar-refractivity contribution in [2.75, 3.05) is 31.6 Å². The largest absolute Gasteiger partial charge is 0.619 e. The molecule has 0 N–H and O–H groups in total. The van der Waals surface area contributed by atoms with Gasteiger partial charge < -0.3 is 24.2 Å². The van der Waals surface area contributed by atoms with E-state index in [2.05, 4.69) is 9.88 Å². The number of esters is 1. The molecule has 0 radical (unpaired) electrons. The Morgan fingerprint density at radius 2 is 1.74 bits per heavy atom. The number of aromatic nitrogens is 2. The van der Waals surface area contributed by atoms with Crippen LogP contribution in [0.4, 0.5) is 10.5 Å². The number of hydrogen-bond donors (Lipinski definition) is 0. The first-order chi connectivity index (χ1) is 25.7. The average Bonchev–Trinajstić information content (AvgIpc) is 3.69. The number of methoxy groups -OCH3 is 1. The number of pyridine rings is 2. The number of ether oxygens (including phenoxy) is 4. The molecule has 2 atom stereocenters. The first-order valence-electron chi connectivity index (χ1n) is 18.1. The zero-order valence-electron chi connectivity index (χ0n) is 29.5. The van der Waals surface area contributed by atoms with Gasteiger partial charge in [-0.2, -0.15) is 4.73 Å². The highest BCUT2D eigenvalue weighted by molar-refractivity contribution is 6.35. The number of carbonyl (C=O) groups excluding carboxylic acids is 2. The number of anilines is 1. The SMILES string of the molecule is COc1ccc([C@H](Cc2c(Cl)c[n+]([O-])cc2Cl)OC(=O)c2ccc(CN(C(=O)O[C@H]3CN4CCC3CC4)c3cccnc3)cc2)cc1OC1CCCC1. The minimum absolute atomic E-state index is 0.0699. The summed E-state index contributed by atoms with van der Waals surface area (Å²) in [5.41, 5.74) is 2.80. The van der Waals surface area contributed by atoms with E-state index in [9.17, 15) is 14.8 Å². The van der Waals surface area contributed by atoms with Crippen LogP contribution in [0, 0.1) is 11.1 Å². The average molecular weight is 762 g/mol. The molecular formula is C40H42Cl2N4O7. The van der Waals surface area contributed by atoms with E-state index in [0.29, 0.717) is 44.5 Å². The lowest BCUT2D eigenvalue weighted by atomic mass is 9.86. The van der Waals surface area contributed by atoms with Crippen LogP contribution in [0.3, 0.4) is 0 Å². The predicted octanol–water partition coefficient (Wildman–Crippen LogP) is 7.73. The van der Waals surface area contributed by atoms with Gasteiger partial charge in [0.2, 0.25) is 0 Å². The van der Waals surface area contributed by atoms with Crippen LogP contribution >= 0.6 is 23.2 Å². The van der Waals surface area contributed by atoms with Gasteiger partial charge in [0.05, 0.1) is 37.2 Å². The summed E-state index contributed by atoms with van der Waals surface area (Å²) in [6.07, 6.45) is 10.6. The van der Waals surface area contributed by atoms with E-state index in [1.54, 1.807) is 60.8 Å². The molecule has 5 heterocycles. The van der Waals surface area contributed by atoms with Crippen LogP contribution in [-0.2, 0) is 22.4 Å². The van der Waals surface area contributed by atoms with E-state index in [1.165, 1.54) is 12.4 Å². The number of nitrogens with zero attached hydrogens (tertiary/aromatic N) is 4. The van der Waals surface area contributed by atoms with Gasteiger partial charge in [-0.3, -0.25) is 14.8 Å². The standard InChI is InChI=1S/C40H42Cl2N4O7/c1-50-35-13-12-29(19-37(35)51-31-6-2-3-7-31)36(20-32-33(41)23-45(49)24-34(32)42)52-39(47)28-10-8-26(9-11-28)22-46(30-5-4-16-43-21-30)40(48)53-38-25-44-17-14-27(38)15-18-44/h4-5,8-13,16,19,21,23-24,27,31,36,38H,2-3,6-7,14-15,17-18,20,22,25H2,1H3/t36-,38-/m0/s1. The molecule has 0 spiro atoms. The maximum atomic E-state index is 13.8. The number of halogens is 2. The fourth-order valence-corrected chi connectivity index (χ4v) is 8.05. The van der Waals surface area contributed by atoms with Gasteiger partial charge in [0.1, 0.15) is 22.3 Å². The molecule has 2 aromatic heterocycles. The molecule has 13 heteroatoms. The number of rotatable bonds is 12. The van der Waals surface area contributed by atoms with Crippen molar-refractivity contribution in [2.24, 2.45) is 5.92 Å². The Bertz CT molecular complexity index is 1880. The fraction of sp³-hybridized carbons (Fsp3) is 0.400. The molecule has 2 aromatic carbocycles. The molecule has 278 valence electrons. The summed E-state index contributed by atoms with van der Waals surface area (Å²) in [5, 5.41) is 12.3. The van der Waals surface area contributed by atoms with Crippen molar-refractivity contribution in [1.82, 2.24) is 9.88 Å². The Labute approximate surface area is 318 Å². The van der Waals surface area contributed by atoms with Crippen molar-refractivity contribution in [1.29, 1.82) is 0 Å². The summed E-state index contributed by atoms with van der Waals surface area (Å²) in [4.78, 5) is 35.6. The van der Waals surface area contributed by atoms with E-state index in [0.717, 1.165) is 63.7 Å². The molecule has 1 aliphatic carbocycles. The molecule has 8 rings (SSSR count). The van der Waals surface area contributed by atoms with Crippen molar-refractivity contribution in [3.63, 3.8) is 0 Å². The smallest absolute Gasteiger partial charge is 0.414 e. The van der Waals surface area contributed by atoms with Crippen LogP contribution in [0.25, 0.3) is 0 Å². The zero-order chi connectivity index (χ0) is 36.9. The van der Waals surface area contributed by atoms with Gasteiger partial charge in [-0.1, -0.05) is 41.4 Å². The topological polar surface area (TPSA) is 117 Å². The maximum Gasteiger partial charge on any atom is 0.414 e. The highest BCUT2D eigenvalue weighted by Crippen LogP contribution is 2.38. The first kappa shape index (κ1) is 36.8. The lowest BCUT2D eigenvalue weighted by Gasteiger charge is -2.44. The minimum Gasteiger partial charge on any atom is -0.619 e.